The van der Waals surface area contributed by atoms with Crippen LogP contribution in [0.25, 0.3) is 16.9 Å². The highest BCUT2D eigenvalue weighted by atomic mass is 16.5. The highest BCUT2D eigenvalue weighted by Crippen LogP contribution is 2.20. The molecule has 1 aromatic carbocycles. The molecule has 1 amide bonds. The van der Waals surface area contributed by atoms with E-state index >= 15 is 0 Å². The van der Waals surface area contributed by atoms with Gasteiger partial charge in [-0.15, -0.1) is 0 Å². The summed E-state index contributed by atoms with van der Waals surface area (Å²) < 4.78 is 6.60. The zero-order valence-electron chi connectivity index (χ0n) is 14.1. The monoisotopic (exact) mass is 341 g/mol. The van der Waals surface area contributed by atoms with E-state index in [1.165, 1.54) is 4.57 Å². The smallest absolute Gasteiger partial charge is 0.332 e. The van der Waals surface area contributed by atoms with E-state index in [2.05, 4.69) is 21.9 Å². The fourth-order valence-corrected chi connectivity index (χ4v) is 2.64. The Morgan fingerprint density at radius 3 is 2.84 bits per heavy atom. The Morgan fingerprint density at radius 2 is 2.16 bits per heavy atom. The lowest BCUT2D eigenvalue weighted by molar-refractivity contribution is 0.0996. The molecule has 0 saturated carbocycles. The Kier molecular flexibility index (Phi) is 4.51. The molecular weight excluding hydrogens is 322 g/mol. The van der Waals surface area contributed by atoms with E-state index in [-0.39, 0.29) is 11.2 Å². The number of nitrogens with zero attached hydrogens (tertiary/aromatic N) is 3. The lowest BCUT2D eigenvalue weighted by Gasteiger charge is -2.07. The molecular formula is C17H19N5O3. The summed E-state index contributed by atoms with van der Waals surface area (Å²) >= 11 is 0. The molecule has 0 aliphatic rings. The third-order valence-electron chi connectivity index (χ3n) is 3.88. The zero-order valence-corrected chi connectivity index (χ0v) is 14.1. The summed E-state index contributed by atoms with van der Waals surface area (Å²) in [5.41, 5.74) is 6.18. The summed E-state index contributed by atoms with van der Waals surface area (Å²) in [5, 5.41) is 0. The van der Waals surface area contributed by atoms with Crippen LogP contribution in [0.5, 0.6) is 5.75 Å². The number of methoxy groups -OCH3 is 1. The minimum atomic E-state index is -0.704. The summed E-state index contributed by atoms with van der Waals surface area (Å²) in [4.78, 5) is 35.6. The first-order valence-corrected chi connectivity index (χ1v) is 8.01. The van der Waals surface area contributed by atoms with Gasteiger partial charge in [0.1, 0.15) is 17.1 Å². The summed E-state index contributed by atoms with van der Waals surface area (Å²) in [7, 11) is 1.55. The van der Waals surface area contributed by atoms with E-state index in [9.17, 15) is 9.59 Å². The molecule has 3 aromatic rings. The van der Waals surface area contributed by atoms with E-state index in [4.69, 9.17) is 10.5 Å². The predicted octanol–water partition coefficient (Wildman–Crippen LogP) is 1.56. The van der Waals surface area contributed by atoms with Gasteiger partial charge >= 0.3 is 5.69 Å². The van der Waals surface area contributed by atoms with Gasteiger partial charge in [0.15, 0.2) is 11.3 Å². The molecule has 0 aliphatic carbocycles. The fraction of sp³-hybridized carbons (Fsp3) is 0.294. The quantitative estimate of drug-likeness (QED) is 0.706. The number of aromatic amines is 1. The van der Waals surface area contributed by atoms with Crippen molar-refractivity contribution in [2.45, 2.75) is 26.2 Å². The van der Waals surface area contributed by atoms with Gasteiger partial charge < -0.3 is 15.5 Å². The molecule has 0 atom stereocenters. The molecule has 0 unspecified atom stereocenters. The van der Waals surface area contributed by atoms with Gasteiger partial charge in [-0.25, -0.2) is 19.3 Å². The molecule has 0 aliphatic heterocycles. The third-order valence-corrected chi connectivity index (χ3v) is 3.88. The van der Waals surface area contributed by atoms with Crippen molar-refractivity contribution < 1.29 is 9.53 Å². The van der Waals surface area contributed by atoms with Gasteiger partial charge in [0.05, 0.1) is 12.8 Å². The van der Waals surface area contributed by atoms with Gasteiger partial charge in [-0.3, -0.25) is 4.79 Å². The van der Waals surface area contributed by atoms with Crippen LogP contribution in [0.3, 0.4) is 0 Å². The second kappa shape index (κ2) is 6.76. The number of primary amides is 1. The Labute approximate surface area is 143 Å². The summed E-state index contributed by atoms with van der Waals surface area (Å²) in [6.45, 7) is 2.05. The number of benzene rings is 1. The molecule has 2 aromatic heterocycles. The second-order valence-corrected chi connectivity index (χ2v) is 5.62. The minimum Gasteiger partial charge on any atom is -0.497 e. The minimum absolute atomic E-state index is 0.0230. The molecule has 0 radical (unpaired) electrons. The predicted molar refractivity (Wildman–Crippen MR) is 93.2 cm³/mol. The number of imidazole rings is 1. The van der Waals surface area contributed by atoms with Crippen LogP contribution < -0.4 is 16.2 Å². The number of aryl methyl sites for hydroxylation is 1. The number of nitrogens with one attached hydrogen (secondary N) is 1. The van der Waals surface area contributed by atoms with Gasteiger partial charge in [-0.1, -0.05) is 19.4 Å². The number of amides is 1. The molecule has 25 heavy (non-hydrogen) atoms. The largest absolute Gasteiger partial charge is 0.497 e. The molecule has 130 valence electrons. The van der Waals surface area contributed by atoms with Crippen LogP contribution in [0.2, 0.25) is 0 Å². The molecule has 0 saturated heterocycles. The van der Waals surface area contributed by atoms with Crippen LogP contribution in [0.15, 0.2) is 29.1 Å². The molecule has 3 rings (SSSR count). The molecule has 0 spiro atoms. The van der Waals surface area contributed by atoms with Crippen molar-refractivity contribution in [2.24, 2.45) is 5.73 Å². The van der Waals surface area contributed by atoms with Crippen LogP contribution in [0.1, 0.15) is 36.1 Å². The number of hydrogen-bond acceptors (Lipinski definition) is 5. The van der Waals surface area contributed by atoms with Crippen LogP contribution in [0, 0.1) is 0 Å². The maximum Gasteiger partial charge on any atom is 0.332 e. The van der Waals surface area contributed by atoms with E-state index in [1.807, 2.05) is 0 Å². The van der Waals surface area contributed by atoms with Gasteiger partial charge in [0.2, 0.25) is 0 Å². The maximum absolute atomic E-state index is 12.5. The SMILES string of the molecule is CCCCc1nc(C(N)=O)c2[nH]c(=O)n(-c3cccc(OC)c3)c2n1. The van der Waals surface area contributed by atoms with Crippen molar-refractivity contribution in [3.8, 4) is 11.4 Å². The van der Waals surface area contributed by atoms with E-state index in [1.54, 1.807) is 31.4 Å². The van der Waals surface area contributed by atoms with Crippen LogP contribution >= 0.6 is 0 Å². The standard InChI is InChI=1S/C17H19N5O3/c1-3-4-8-12-19-13(15(18)23)14-16(20-12)22(17(24)21-14)10-6-5-7-11(9-10)25-2/h5-7,9H,3-4,8H2,1-2H3,(H2,18,23)(H,21,24). The van der Waals surface area contributed by atoms with E-state index in [0.29, 0.717) is 29.3 Å². The molecule has 8 heteroatoms. The van der Waals surface area contributed by atoms with Gasteiger partial charge in [0.25, 0.3) is 5.91 Å². The van der Waals surface area contributed by atoms with Crippen molar-refractivity contribution in [1.82, 2.24) is 19.5 Å². The topological polar surface area (TPSA) is 116 Å². The second-order valence-electron chi connectivity index (χ2n) is 5.62. The first-order valence-electron chi connectivity index (χ1n) is 8.01. The van der Waals surface area contributed by atoms with Gasteiger partial charge in [-0.2, -0.15) is 0 Å². The van der Waals surface area contributed by atoms with Crippen LogP contribution in [0.4, 0.5) is 0 Å². The Hall–Kier alpha value is -3.16. The first kappa shape index (κ1) is 16.7. The number of rotatable bonds is 6. The van der Waals surface area contributed by atoms with E-state index in [0.717, 1.165) is 12.8 Å². The van der Waals surface area contributed by atoms with Crippen molar-refractivity contribution in [3.63, 3.8) is 0 Å². The number of ether oxygens (including phenoxy) is 1. The van der Waals surface area contributed by atoms with Crippen LogP contribution in [-0.2, 0) is 6.42 Å². The Morgan fingerprint density at radius 1 is 1.36 bits per heavy atom. The third kappa shape index (κ3) is 3.10. The number of carbonyl (C=O) groups excluding carboxylic acids is 1. The molecule has 0 bridgehead atoms. The highest BCUT2D eigenvalue weighted by molar-refractivity contribution is 6.01. The number of H-pyrrole nitrogens is 1. The van der Waals surface area contributed by atoms with Crippen molar-refractivity contribution in [1.29, 1.82) is 0 Å². The van der Waals surface area contributed by atoms with Crippen molar-refractivity contribution in [2.75, 3.05) is 7.11 Å². The summed E-state index contributed by atoms with van der Waals surface area (Å²) in [6.07, 6.45) is 2.44. The summed E-state index contributed by atoms with van der Waals surface area (Å²) in [6, 6.07) is 7.02. The summed E-state index contributed by atoms with van der Waals surface area (Å²) in [5.74, 6) is 0.386. The zero-order chi connectivity index (χ0) is 18.0. The van der Waals surface area contributed by atoms with Gasteiger partial charge in [0, 0.05) is 12.5 Å². The Bertz CT molecular complexity index is 990. The van der Waals surface area contributed by atoms with Crippen LogP contribution in [-0.4, -0.2) is 32.5 Å². The fourth-order valence-electron chi connectivity index (χ4n) is 2.64. The lowest BCUT2D eigenvalue weighted by Crippen LogP contribution is -2.16. The first-order chi connectivity index (χ1) is 12.0. The van der Waals surface area contributed by atoms with Gasteiger partial charge in [-0.05, 0) is 18.6 Å². The number of aromatic nitrogens is 4. The number of fused-ring (bicyclic) bond motifs is 1. The van der Waals surface area contributed by atoms with Crippen molar-refractivity contribution in [3.05, 3.63) is 46.3 Å². The number of hydrogen-bond donors (Lipinski definition) is 2. The van der Waals surface area contributed by atoms with Crippen molar-refractivity contribution >= 4 is 17.1 Å². The molecule has 0 fully saturated rings. The molecule has 3 N–H and O–H groups in total. The normalized spacial score (nSPS) is 11.0. The average molecular weight is 341 g/mol. The number of carbonyl (C=O) groups is 1. The lowest BCUT2D eigenvalue weighted by atomic mass is 10.2. The highest BCUT2D eigenvalue weighted by Gasteiger charge is 2.19. The average Bonchev–Trinajstić information content (AvgIpc) is 2.94. The number of nitrogens with two attached hydrogens (primary N) is 1. The Balaban J connectivity index is 2.28. The molecule has 2 heterocycles. The maximum atomic E-state index is 12.5. The van der Waals surface area contributed by atoms with E-state index < -0.39 is 11.6 Å². The number of unbranched alkanes of at least 4 members (excludes halogenated alkanes) is 1. The molecule has 8 nitrogen and oxygen atoms in total.